The molecular weight excluding hydrogens is 214 g/mol. The largest absolute Gasteiger partial charge is 0.481 e. The second kappa shape index (κ2) is 5.60. The van der Waals surface area contributed by atoms with Crippen LogP contribution in [0.15, 0.2) is 0 Å². The molecular formula is C10H17NO5. The first-order valence-electron chi connectivity index (χ1n) is 4.85. The summed E-state index contributed by atoms with van der Waals surface area (Å²) in [5, 5.41) is 8.79. The van der Waals surface area contributed by atoms with Crippen LogP contribution in [0, 0.1) is 5.92 Å². The predicted molar refractivity (Wildman–Crippen MR) is 55.6 cm³/mol. The molecule has 1 atom stereocenters. The summed E-state index contributed by atoms with van der Waals surface area (Å²) in [6, 6.07) is 0. The molecule has 6 nitrogen and oxygen atoms in total. The van der Waals surface area contributed by atoms with Crippen LogP contribution in [0.5, 0.6) is 0 Å². The molecule has 0 aliphatic heterocycles. The van der Waals surface area contributed by atoms with Gasteiger partial charge >= 0.3 is 11.9 Å². The van der Waals surface area contributed by atoms with Gasteiger partial charge in [-0.2, -0.15) is 0 Å². The summed E-state index contributed by atoms with van der Waals surface area (Å²) in [7, 11) is 0. The Balaban J connectivity index is 4.61. The standard InChI is InChI=1S/C10H17NO5/c1-10(2,3)16-9(15)7(8(13)14)4-6(12)5-11/h7H,4-5,11H2,1-3H3,(H,13,14). The lowest BCUT2D eigenvalue weighted by molar-refractivity contribution is -0.168. The van der Waals surface area contributed by atoms with Crippen molar-refractivity contribution in [1.29, 1.82) is 0 Å². The first kappa shape index (κ1) is 14.6. The van der Waals surface area contributed by atoms with Crippen LogP contribution in [0.4, 0.5) is 0 Å². The SMILES string of the molecule is CC(C)(C)OC(=O)C(CC(=O)CN)C(=O)O. The lowest BCUT2D eigenvalue weighted by atomic mass is 10.0. The van der Waals surface area contributed by atoms with Gasteiger partial charge in [-0.1, -0.05) is 0 Å². The molecule has 0 aliphatic rings. The molecule has 0 bridgehead atoms. The van der Waals surface area contributed by atoms with Crippen molar-refractivity contribution in [2.24, 2.45) is 11.7 Å². The summed E-state index contributed by atoms with van der Waals surface area (Å²) in [5.41, 5.74) is 4.27. The Morgan fingerprint density at radius 2 is 1.81 bits per heavy atom. The van der Waals surface area contributed by atoms with Crippen LogP contribution in [0.3, 0.4) is 0 Å². The number of Topliss-reactive ketones (excluding diaryl/α,β-unsaturated/α-hetero) is 1. The summed E-state index contributed by atoms with van der Waals surface area (Å²) in [6.07, 6.45) is -0.430. The number of carbonyl (C=O) groups is 3. The van der Waals surface area contributed by atoms with Gasteiger partial charge < -0.3 is 15.6 Å². The molecule has 0 aromatic carbocycles. The van der Waals surface area contributed by atoms with Gasteiger partial charge in [-0.3, -0.25) is 14.4 Å². The van der Waals surface area contributed by atoms with Crippen molar-refractivity contribution in [3.8, 4) is 0 Å². The third-order valence-electron chi connectivity index (χ3n) is 1.65. The number of nitrogens with two attached hydrogens (primary N) is 1. The minimum absolute atomic E-state index is 0.285. The van der Waals surface area contributed by atoms with Gasteiger partial charge in [0.2, 0.25) is 0 Å². The molecule has 16 heavy (non-hydrogen) atoms. The highest BCUT2D eigenvalue weighted by molar-refractivity contribution is 5.98. The molecule has 0 rings (SSSR count). The molecule has 0 radical (unpaired) electrons. The van der Waals surface area contributed by atoms with Crippen LogP contribution in [-0.2, 0) is 19.1 Å². The van der Waals surface area contributed by atoms with Crippen molar-refractivity contribution in [1.82, 2.24) is 0 Å². The van der Waals surface area contributed by atoms with Gasteiger partial charge in [0.15, 0.2) is 5.92 Å². The van der Waals surface area contributed by atoms with E-state index in [2.05, 4.69) is 0 Å². The molecule has 0 aliphatic carbocycles. The summed E-state index contributed by atoms with van der Waals surface area (Å²) in [5.74, 6) is -4.26. The van der Waals surface area contributed by atoms with Gasteiger partial charge in [-0.05, 0) is 20.8 Å². The molecule has 0 spiro atoms. The second-order valence-electron chi connectivity index (χ2n) is 4.37. The van der Waals surface area contributed by atoms with E-state index in [1.807, 2.05) is 0 Å². The van der Waals surface area contributed by atoms with E-state index in [4.69, 9.17) is 15.6 Å². The highest BCUT2D eigenvalue weighted by atomic mass is 16.6. The smallest absolute Gasteiger partial charge is 0.321 e. The number of aliphatic carboxylic acids is 1. The van der Waals surface area contributed by atoms with Crippen molar-refractivity contribution in [2.75, 3.05) is 6.54 Å². The normalized spacial score (nSPS) is 13.0. The number of ketones is 1. The van der Waals surface area contributed by atoms with Gasteiger partial charge in [-0.15, -0.1) is 0 Å². The number of ether oxygens (including phenoxy) is 1. The molecule has 0 saturated heterocycles. The number of carboxylic acid groups (broad SMARTS) is 1. The van der Waals surface area contributed by atoms with Crippen LogP contribution >= 0.6 is 0 Å². The molecule has 6 heteroatoms. The average Bonchev–Trinajstić information content (AvgIpc) is 2.09. The molecule has 0 aromatic rings. The fourth-order valence-corrected chi connectivity index (χ4v) is 0.955. The quantitative estimate of drug-likeness (QED) is 0.507. The topological polar surface area (TPSA) is 107 Å². The molecule has 1 unspecified atom stereocenters. The number of hydrogen-bond donors (Lipinski definition) is 2. The van der Waals surface area contributed by atoms with Gasteiger partial charge in [0, 0.05) is 6.42 Å². The maximum absolute atomic E-state index is 11.5. The van der Waals surface area contributed by atoms with Gasteiger partial charge in [0.1, 0.15) is 11.4 Å². The Morgan fingerprint density at radius 1 is 1.31 bits per heavy atom. The molecule has 0 saturated carbocycles. The van der Waals surface area contributed by atoms with Crippen LogP contribution < -0.4 is 5.73 Å². The van der Waals surface area contributed by atoms with Crippen LogP contribution in [-0.4, -0.2) is 35.0 Å². The first-order chi connectivity index (χ1) is 7.17. The van der Waals surface area contributed by atoms with E-state index in [9.17, 15) is 14.4 Å². The second-order valence-corrected chi connectivity index (χ2v) is 4.37. The van der Waals surface area contributed by atoms with Crippen LogP contribution in [0.1, 0.15) is 27.2 Å². The summed E-state index contributed by atoms with van der Waals surface area (Å²) >= 11 is 0. The van der Waals surface area contributed by atoms with Gasteiger partial charge in [0.05, 0.1) is 6.54 Å². The van der Waals surface area contributed by atoms with Crippen LogP contribution in [0.25, 0.3) is 0 Å². The number of esters is 1. The maximum atomic E-state index is 11.5. The van der Waals surface area contributed by atoms with Crippen molar-refractivity contribution in [2.45, 2.75) is 32.8 Å². The number of hydrogen-bond acceptors (Lipinski definition) is 5. The van der Waals surface area contributed by atoms with Crippen LogP contribution in [0.2, 0.25) is 0 Å². The molecule has 92 valence electrons. The Hall–Kier alpha value is -1.43. The maximum Gasteiger partial charge on any atom is 0.321 e. The summed E-state index contributed by atoms with van der Waals surface area (Å²) in [6.45, 7) is 4.57. The molecule has 3 N–H and O–H groups in total. The Morgan fingerprint density at radius 3 is 2.12 bits per heavy atom. The third-order valence-corrected chi connectivity index (χ3v) is 1.65. The summed E-state index contributed by atoms with van der Waals surface area (Å²) < 4.78 is 4.89. The van der Waals surface area contributed by atoms with E-state index in [0.29, 0.717) is 0 Å². The van der Waals surface area contributed by atoms with E-state index in [-0.39, 0.29) is 6.54 Å². The number of carbonyl (C=O) groups excluding carboxylic acids is 2. The van der Waals surface area contributed by atoms with Crippen molar-refractivity contribution in [3.05, 3.63) is 0 Å². The highest BCUT2D eigenvalue weighted by Crippen LogP contribution is 2.14. The molecule has 0 heterocycles. The van der Waals surface area contributed by atoms with E-state index in [0.717, 1.165) is 0 Å². The number of rotatable bonds is 5. The predicted octanol–water partition coefficient (Wildman–Crippen LogP) is -0.0532. The molecule has 0 fully saturated rings. The zero-order valence-corrected chi connectivity index (χ0v) is 9.65. The zero-order valence-electron chi connectivity index (χ0n) is 9.65. The highest BCUT2D eigenvalue weighted by Gasteiger charge is 2.32. The monoisotopic (exact) mass is 231 g/mol. The van der Waals surface area contributed by atoms with E-state index >= 15 is 0 Å². The van der Waals surface area contributed by atoms with E-state index in [1.165, 1.54) is 0 Å². The fraction of sp³-hybridized carbons (Fsp3) is 0.700. The van der Waals surface area contributed by atoms with Crippen molar-refractivity contribution < 1.29 is 24.2 Å². The van der Waals surface area contributed by atoms with Gasteiger partial charge in [-0.25, -0.2) is 0 Å². The van der Waals surface area contributed by atoms with Gasteiger partial charge in [0.25, 0.3) is 0 Å². The van der Waals surface area contributed by atoms with Crippen molar-refractivity contribution >= 4 is 17.7 Å². The lowest BCUT2D eigenvalue weighted by Gasteiger charge is -2.21. The number of carboxylic acids is 1. The third kappa shape index (κ3) is 5.45. The average molecular weight is 231 g/mol. The Labute approximate surface area is 93.8 Å². The molecule has 0 aromatic heterocycles. The zero-order chi connectivity index (χ0) is 12.9. The lowest BCUT2D eigenvalue weighted by Crippen LogP contribution is -2.35. The Kier molecular flexibility index (Phi) is 5.10. The summed E-state index contributed by atoms with van der Waals surface area (Å²) in [4.78, 5) is 33.2. The first-order valence-corrected chi connectivity index (χ1v) is 4.85. The van der Waals surface area contributed by atoms with E-state index in [1.54, 1.807) is 20.8 Å². The Bertz CT molecular complexity index is 292. The minimum atomic E-state index is -1.48. The van der Waals surface area contributed by atoms with E-state index < -0.39 is 35.7 Å². The minimum Gasteiger partial charge on any atom is -0.481 e. The van der Waals surface area contributed by atoms with Crippen molar-refractivity contribution in [3.63, 3.8) is 0 Å². The fourth-order valence-electron chi connectivity index (χ4n) is 0.955. The molecule has 0 amide bonds.